The Morgan fingerprint density at radius 3 is 2.50 bits per heavy atom. The lowest BCUT2D eigenvalue weighted by atomic mass is 9.49. The van der Waals surface area contributed by atoms with Crippen molar-refractivity contribution in [2.45, 2.75) is 44.9 Å². The number of furan rings is 1. The van der Waals surface area contributed by atoms with Crippen LogP contribution in [0.25, 0.3) is 6.08 Å². The van der Waals surface area contributed by atoms with Gasteiger partial charge < -0.3 is 9.73 Å². The zero-order chi connectivity index (χ0) is 15.0. The number of carbonyl (C=O) groups is 1. The second kappa shape index (κ2) is 5.60. The lowest BCUT2D eigenvalue weighted by Crippen LogP contribution is -2.47. The average molecular weight is 299 g/mol. The van der Waals surface area contributed by atoms with Crippen LogP contribution < -0.4 is 5.32 Å². The molecule has 4 aliphatic rings. The number of nitrogens with one attached hydrogen (secondary N) is 1. The van der Waals surface area contributed by atoms with Crippen molar-refractivity contribution in [3.63, 3.8) is 0 Å². The molecular weight excluding hydrogens is 274 g/mol. The van der Waals surface area contributed by atoms with Crippen molar-refractivity contribution in [3.05, 3.63) is 30.2 Å². The number of amides is 1. The van der Waals surface area contributed by atoms with Gasteiger partial charge in [-0.3, -0.25) is 4.79 Å². The first-order chi connectivity index (χ1) is 10.7. The molecule has 0 aliphatic heterocycles. The van der Waals surface area contributed by atoms with Crippen molar-refractivity contribution in [1.82, 2.24) is 5.32 Å². The Bertz CT molecular complexity index is 523. The summed E-state index contributed by atoms with van der Waals surface area (Å²) in [6, 6.07) is 3.67. The van der Waals surface area contributed by atoms with E-state index in [0.717, 1.165) is 36.5 Å². The van der Waals surface area contributed by atoms with E-state index in [1.807, 2.05) is 12.1 Å². The number of carbonyl (C=O) groups excluding carboxylic acids is 1. The van der Waals surface area contributed by atoms with Crippen molar-refractivity contribution in [2.24, 2.45) is 23.2 Å². The third-order valence-corrected chi connectivity index (χ3v) is 6.06. The fourth-order valence-corrected chi connectivity index (χ4v) is 5.65. The molecule has 0 unspecified atom stereocenters. The Morgan fingerprint density at radius 1 is 1.23 bits per heavy atom. The molecule has 1 amide bonds. The van der Waals surface area contributed by atoms with Crippen LogP contribution in [0.15, 0.2) is 28.9 Å². The van der Waals surface area contributed by atoms with Crippen LogP contribution in [0.2, 0.25) is 0 Å². The summed E-state index contributed by atoms with van der Waals surface area (Å²) in [4.78, 5) is 11.9. The Morgan fingerprint density at radius 2 is 1.91 bits per heavy atom. The molecule has 1 heterocycles. The molecule has 0 spiro atoms. The molecule has 4 bridgehead atoms. The third kappa shape index (κ3) is 2.86. The van der Waals surface area contributed by atoms with Gasteiger partial charge in [-0.25, -0.2) is 0 Å². The molecule has 1 N–H and O–H groups in total. The van der Waals surface area contributed by atoms with Gasteiger partial charge in [0.25, 0.3) is 0 Å². The molecule has 118 valence electrons. The quantitative estimate of drug-likeness (QED) is 0.835. The van der Waals surface area contributed by atoms with Crippen LogP contribution in [0.4, 0.5) is 0 Å². The Balaban J connectivity index is 1.27. The first-order valence-corrected chi connectivity index (χ1v) is 8.70. The summed E-state index contributed by atoms with van der Waals surface area (Å²) >= 11 is 0. The van der Waals surface area contributed by atoms with Gasteiger partial charge in [-0.1, -0.05) is 0 Å². The maximum absolute atomic E-state index is 11.9. The number of hydrogen-bond acceptors (Lipinski definition) is 2. The molecule has 1 aromatic rings. The molecule has 22 heavy (non-hydrogen) atoms. The SMILES string of the molecule is O=C(/C=C\c1ccco1)NCCC12CC3CC(CC(C3)C1)C2. The van der Waals surface area contributed by atoms with Gasteiger partial charge in [0.15, 0.2) is 0 Å². The highest BCUT2D eigenvalue weighted by atomic mass is 16.3. The van der Waals surface area contributed by atoms with Gasteiger partial charge >= 0.3 is 0 Å². The fourth-order valence-electron chi connectivity index (χ4n) is 5.65. The molecule has 3 nitrogen and oxygen atoms in total. The van der Waals surface area contributed by atoms with E-state index in [4.69, 9.17) is 4.42 Å². The van der Waals surface area contributed by atoms with Crippen molar-refractivity contribution in [3.8, 4) is 0 Å². The van der Waals surface area contributed by atoms with Crippen LogP contribution in [0, 0.1) is 23.2 Å². The summed E-state index contributed by atoms with van der Waals surface area (Å²) < 4.78 is 5.19. The molecular formula is C19H25NO2. The second-order valence-corrected chi connectivity index (χ2v) is 7.81. The van der Waals surface area contributed by atoms with Crippen LogP contribution in [0.1, 0.15) is 50.7 Å². The predicted molar refractivity (Wildman–Crippen MR) is 86.0 cm³/mol. The first-order valence-electron chi connectivity index (χ1n) is 8.70. The van der Waals surface area contributed by atoms with E-state index in [9.17, 15) is 4.79 Å². The van der Waals surface area contributed by atoms with E-state index < -0.39 is 0 Å². The van der Waals surface area contributed by atoms with Crippen LogP contribution in [-0.4, -0.2) is 12.5 Å². The van der Waals surface area contributed by atoms with Crippen LogP contribution in [0.3, 0.4) is 0 Å². The Kier molecular flexibility index (Phi) is 3.59. The molecule has 0 atom stereocenters. The molecule has 4 fully saturated rings. The minimum absolute atomic E-state index is 0.0128. The third-order valence-electron chi connectivity index (χ3n) is 6.06. The summed E-state index contributed by atoms with van der Waals surface area (Å²) in [5.74, 6) is 3.67. The summed E-state index contributed by atoms with van der Waals surface area (Å²) in [5.41, 5.74) is 0.548. The highest BCUT2D eigenvalue weighted by Crippen LogP contribution is 2.61. The molecule has 0 aromatic carbocycles. The molecule has 5 rings (SSSR count). The van der Waals surface area contributed by atoms with Gasteiger partial charge in [0.05, 0.1) is 6.26 Å². The topological polar surface area (TPSA) is 42.2 Å². The van der Waals surface area contributed by atoms with Gasteiger partial charge in [-0.15, -0.1) is 0 Å². The highest BCUT2D eigenvalue weighted by Gasteiger charge is 2.50. The van der Waals surface area contributed by atoms with Crippen LogP contribution in [0.5, 0.6) is 0 Å². The number of hydrogen-bond donors (Lipinski definition) is 1. The molecule has 0 radical (unpaired) electrons. The lowest BCUT2D eigenvalue weighted by molar-refractivity contribution is -0.116. The summed E-state index contributed by atoms with van der Waals surface area (Å²) in [5, 5.41) is 3.05. The first kappa shape index (κ1) is 14.1. The normalized spacial score (nSPS) is 36.1. The molecule has 4 aliphatic carbocycles. The maximum atomic E-state index is 11.9. The predicted octanol–water partition coefficient (Wildman–Crippen LogP) is 4.02. The summed E-state index contributed by atoms with van der Waals surface area (Å²) in [6.07, 6.45) is 14.8. The van der Waals surface area contributed by atoms with Crippen LogP contribution >= 0.6 is 0 Å². The molecule has 1 aromatic heterocycles. The van der Waals surface area contributed by atoms with Gasteiger partial charge in [0, 0.05) is 12.6 Å². The molecule has 4 saturated carbocycles. The van der Waals surface area contributed by atoms with E-state index in [0.29, 0.717) is 5.41 Å². The Hall–Kier alpha value is -1.51. The van der Waals surface area contributed by atoms with Crippen molar-refractivity contribution in [1.29, 1.82) is 0 Å². The summed E-state index contributed by atoms with van der Waals surface area (Å²) in [6.45, 7) is 0.813. The second-order valence-electron chi connectivity index (χ2n) is 7.81. The van der Waals surface area contributed by atoms with E-state index in [2.05, 4.69) is 5.32 Å². The largest absolute Gasteiger partial charge is 0.465 e. The fraction of sp³-hybridized carbons (Fsp3) is 0.632. The van der Waals surface area contributed by atoms with Crippen molar-refractivity contribution < 1.29 is 9.21 Å². The van der Waals surface area contributed by atoms with Crippen molar-refractivity contribution in [2.75, 3.05) is 6.54 Å². The smallest absolute Gasteiger partial charge is 0.244 e. The molecule has 0 saturated heterocycles. The minimum atomic E-state index is -0.0128. The zero-order valence-electron chi connectivity index (χ0n) is 13.1. The summed E-state index contributed by atoms with van der Waals surface area (Å²) in [7, 11) is 0. The van der Waals surface area contributed by atoms with E-state index in [-0.39, 0.29) is 5.91 Å². The molecule has 3 heteroatoms. The minimum Gasteiger partial charge on any atom is -0.465 e. The lowest BCUT2D eigenvalue weighted by Gasteiger charge is -2.57. The van der Waals surface area contributed by atoms with E-state index in [1.165, 1.54) is 38.5 Å². The monoisotopic (exact) mass is 299 g/mol. The van der Waals surface area contributed by atoms with Gasteiger partial charge in [0.2, 0.25) is 5.91 Å². The van der Waals surface area contributed by atoms with Gasteiger partial charge in [0.1, 0.15) is 5.76 Å². The van der Waals surface area contributed by atoms with E-state index in [1.54, 1.807) is 18.4 Å². The standard InChI is InChI=1S/C19H25NO2/c21-18(4-3-17-2-1-7-22-17)20-6-5-19-11-14-8-15(12-19)10-16(9-14)13-19/h1-4,7,14-16H,5-6,8-13H2,(H,20,21)/b4-3-. The average Bonchev–Trinajstić information content (AvgIpc) is 2.96. The van der Waals surface area contributed by atoms with Crippen LogP contribution in [-0.2, 0) is 4.79 Å². The Labute approximate surface area is 132 Å². The highest BCUT2D eigenvalue weighted by molar-refractivity contribution is 5.91. The van der Waals surface area contributed by atoms with E-state index >= 15 is 0 Å². The van der Waals surface area contributed by atoms with Gasteiger partial charge in [-0.05, 0) is 86.3 Å². The maximum Gasteiger partial charge on any atom is 0.244 e. The number of rotatable bonds is 5. The van der Waals surface area contributed by atoms with Crippen molar-refractivity contribution >= 4 is 12.0 Å². The van der Waals surface area contributed by atoms with Gasteiger partial charge in [-0.2, -0.15) is 0 Å². The zero-order valence-corrected chi connectivity index (χ0v) is 13.1.